The molecule has 2 aromatic rings. The van der Waals surface area contributed by atoms with E-state index in [0.29, 0.717) is 27.3 Å². The predicted molar refractivity (Wildman–Crippen MR) is 104 cm³/mol. The molecule has 2 rings (SSSR count). The minimum absolute atomic E-state index is 0.485. The van der Waals surface area contributed by atoms with E-state index < -0.39 is 22.5 Å². The summed E-state index contributed by atoms with van der Waals surface area (Å²) in [5, 5.41) is 9.30. The average Bonchev–Trinajstić information content (AvgIpc) is 2.60. The Bertz CT molecular complexity index is 887. The first kappa shape index (κ1) is 20.8. The van der Waals surface area contributed by atoms with Gasteiger partial charge in [-0.15, -0.1) is 11.8 Å². The lowest BCUT2D eigenvalue weighted by atomic mass is 10.0. The molecule has 3 nitrogen and oxygen atoms in total. The van der Waals surface area contributed by atoms with Gasteiger partial charge in [0.25, 0.3) is 0 Å². The Kier molecular flexibility index (Phi) is 5.85. The Labute approximate surface area is 159 Å². The van der Waals surface area contributed by atoms with Gasteiger partial charge in [0.1, 0.15) is 4.75 Å². The highest BCUT2D eigenvalue weighted by molar-refractivity contribution is 8.10. The number of carboxylic acids is 1. The molecular formula is C20H18F3NO2S. The van der Waals surface area contributed by atoms with Gasteiger partial charge in [0.15, 0.2) is 0 Å². The van der Waals surface area contributed by atoms with Crippen LogP contribution >= 0.6 is 11.8 Å². The Morgan fingerprint density at radius 3 is 2.11 bits per heavy atom. The van der Waals surface area contributed by atoms with Crippen molar-refractivity contribution in [3.63, 3.8) is 0 Å². The first-order valence-electron chi connectivity index (χ1n) is 7.86. The first-order chi connectivity index (χ1) is 12.5. The third-order valence-electron chi connectivity index (χ3n) is 3.91. The lowest BCUT2D eigenvalue weighted by molar-refractivity contribution is -0.139. The molecule has 2 aromatic carbocycles. The fourth-order valence-electron chi connectivity index (χ4n) is 2.34. The summed E-state index contributed by atoms with van der Waals surface area (Å²) in [5.41, 5.74) is 1.64. The number of halogens is 3. The van der Waals surface area contributed by atoms with Crippen molar-refractivity contribution in [2.45, 2.75) is 24.8 Å². The minimum Gasteiger partial charge on any atom is -0.480 e. The Hall–Kier alpha value is -2.54. The maximum Gasteiger partial charge on any atom is 0.416 e. The topological polar surface area (TPSA) is 49.7 Å². The second kappa shape index (κ2) is 7.60. The van der Waals surface area contributed by atoms with Crippen LogP contribution in [0.25, 0.3) is 16.0 Å². The monoisotopic (exact) mass is 393 g/mol. The maximum absolute atomic E-state index is 12.7. The molecule has 0 amide bonds. The number of rotatable bonds is 6. The van der Waals surface area contributed by atoms with Crippen LogP contribution in [0.15, 0.2) is 54.0 Å². The van der Waals surface area contributed by atoms with Crippen LogP contribution in [0.5, 0.6) is 0 Å². The molecule has 0 aromatic heterocycles. The normalized spacial score (nSPS) is 11.9. The van der Waals surface area contributed by atoms with E-state index in [-0.39, 0.29) is 0 Å². The molecule has 0 aliphatic rings. The fourth-order valence-corrected chi connectivity index (χ4v) is 3.31. The predicted octanol–water partition coefficient (Wildman–Crippen LogP) is 6.27. The highest BCUT2D eigenvalue weighted by atomic mass is 32.2. The van der Waals surface area contributed by atoms with Crippen molar-refractivity contribution < 1.29 is 23.1 Å². The molecule has 0 radical (unpaired) electrons. The Morgan fingerprint density at radius 1 is 1.07 bits per heavy atom. The smallest absolute Gasteiger partial charge is 0.416 e. The third kappa shape index (κ3) is 4.80. The number of nitrogens with zero attached hydrogens (tertiary/aromatic N) is 1. The second-order valence-electron chi connectivity index (χ2n) is 6.31. The number of aliphatic carboxylic acids is 1. The summed E-state index contributed by atoms with van der Waals surface area (Å²) in [7, 11) is 0. The first-order valence-corrected chi connectivity index (χ1v) is 8.67. The Balaban J connectivity index is 2.42. The molecule has 0 bridgehead atoms. The van der Waals surface area contributed by atoms with Crippen LogP contribution < -0.4 is 0 Å². The molecule has 0 saturated heterocycles. The van der Waals surface area contributed by atoms with Gasteiger partial charge in [-0.3, -0.25) is 9.79 Å². The second-order valence-corrected chi connectivity index (χ2v) is 8.02. The zero-order chi connectivity index (χ0) is 20.4. The molecule has 0 saturated carbocycles. The SMILES string of the molecule is C=Nc1ccc(-c2ccc(C(F)(F)F)cc2)cc1C(=C)SC(C)(C)C(=O)O. The average molecular weight is 393 g/mol. The van der Waals surface area contributed by atoms with Gasteiger partial charge in [-0.1, -0.05) is 24.8 Å². The van der Waals surface area contributed by atoms with Crippen LogP contribution in [0, 0.1) is 0 Å². The van der Waals surface area contributed by atoms with E-state index in [2.05, 4.69) is 18.3 Å². The number of hydrogen-bond acceptors (Lipinski definition) is 3. The van der Waals surface area contributed by atoms with Crippen molar-refractivity contribution in [1.82, 2.24) is 0 Å². The van der Waals surface area contributed by atoms with Gasteiger partial charge in [-0.25, -0.2) is 0 Å². The van der Waals surface area contributed by atoms with Crippen LogP contribution in [-0.4, -0.2) is 22.5 Å². The number of thioether (sulfide) groups is 1. The molecule has 0 atom stereocenters. The van der Waals surface area contributed by atoms with E-state index in [4.69, 9.17) is 0 Å². The largest absolute Gasteiger partial charge is 0.480 e. The molecule has 0 aliphatic carbocycles. The molecule has 0 spiro atoms. The molecule has 0 fully saturated rings. The number of carboxylic acid groups (broad SMARTS) is 1. The van der Waals surface area contributed by atoms with E-state index in [0.717, 1.165) is 23.9 Å². The number of aliphatic imine (C=N–C) groups is 1. The highest BCUT2D eigenvalue weighted by Gasteiger charge is 2.31. The summed E-state index contributed by atoms with van der Waals surface area (Å²) in [4.78, 5) is 15.8. The van der Waals surface area contributed by atoms with Gasteiger partial charge in [-0.2, -0.15) is 13.2 Å². The lowest BCUT2D eigenvalue weighted by Crippen LogP contribution is -2.26. The van der Waals surface area contributed by atoms with Crippen LogP contribution in [0.2, 0.25) is 0 Å². The van der Waals surface area contributed by atoms with Gasteiger partial charge >= 0.3 is 12.1 Å². The van der Waals surface area contributed by atoms with Gasteiger partial charge < -0.3 is 5.11 Å². The summed E-state index contributed by atoms with van der Waals surface area (Å²) < 4.78 is 37.1. The van der Waals surface area contributed by atoms with E-state index in [1.54, 1.807) is 32.0 Å². The van der Waals surface area contributed by atoms with Crippen molar-refractivity contribution in [2.75, 3.05) is 0 Å². The van der Waals surface area contributed by atoms with Gasteiger partial charge in [-0.05, 0) is 56.0 Å². The van der Waals surface area contributed by atoms with Crippen LogP contribution in [-0.2, 0) is 11.0 Å². The molecular weight excluding hydrogens is 375 g/mol. The van der Waals surface area contributed by atoms with Crippen molar-refractivity contribution in [3.05, 3.63) is 60.2 Å². The summed E-state index contributed by atoms with van der Waals surface area (Å²) in [6, 6.07) is 9.93. The minimum atomic E-state index is -4.40. The van der Waals surface area contributed by atoms with Crippen molar-refractivity contribution >= 4 is 35.0 Å². The fraction of sp³-hybridized carbons (Fsp3) is 0.200. The quantitative estimate of drug-likeness (QED) is 0.588. The van der Waals surface area contributed by atoms with Crippen molar-refractivity contribution in [1.29, 1.82) is 0 Å². The van der Waals surface area contributed by atoms with Crippen molar-refractivity contribution in [3.8, 4) is 11.1 Å². The van der Waals surface area contributed by atoms with Crippen LogP contribution in [0.3, 0.4) is 0 Å². The van der Waals surface area contributed by atoms with E-state index in [1.165, 1.54) is 12.1 Å². The molecule has 142 valence electrons. The van der Waals surface area contributed by atoms with Gasteiger partial charge in [0.2, 0.25) is 0 Å². The van der Waals surface area contributed by atoms with E-state index in [1.807, 2.05) is 0 Å². The number of hydrogen-bond donors (Lipinski definition) is 1. The van der Waals surface area contributed by atoms with Gasteiger partial charge in [0, 0.05) is 10.5 Å². The lowest BCUT2D eigenvalue weighted by Gasteiger charge is -2.21. The zero-order valence-electron chi connectivity index (χ0n) is 14.8. The molecule has 27 heavy (non-hydrogen) atoms. The third-order valence-corrected chi connectivity index (χ3v) is 5.06. The van der Waals surface area contributed by atoms with Crippen LogP contribution in [0.4, 0.5) is 18.9 Å². The summed E-state index contributed by atoms with van der Waals surface area (Å²) in [5.74, 6) is -0.986. The van der Waals surface area contributed by atoms with E-state index >= 15 is 0 Å². The summed E-state index contributed by atoms with van der Waals surface area (Å²) in [6.07, 6.45) is -4.40. The number of carbonyl (C=O) groups is 1. The van der Waals surface area contributed by atoms with Crippen LogP contribution in [0.1, 0.15) is 25.0 Å². The maximum atomic E-state index is 12.7. The molecule has 0 heterocycles. The van der Waals surface area contributed by atoms with Crippen molar-refractivity contribution in [2.24, 2.45) is 4.99 Å². The highest BCUT2D eigenvalue weighted by Crippen LogP contribution is 2.42. The molecule has 1 N–H and O–H groups in total. The summed E-state index contributed by atoms with van der Waals surface area (Å²) >= 11 is 1.07. The number of alkyl halides is 3. The molecule has 0 unspecified atom stereocenters. The Morgan fingerprint density at radius 2 is 1.63 bits per heavy atom. The zero-order valence-corrected chi connectivity index (χ0v) is 15.6. The molecule has 0 aliphatic heterocycles. The van der Waals surface area contributed by atoms with E-state index in [9.17, 15) is 23.1 Å². The van der Waals surface area contributed by atoms with Gasteiger partial charge in [0.05, 0.1) is 11.3 Å². The standard InChI is InChI=1S/C20H18F3NO2S/c1-12(27-19(2,3)18(25)26)16-11-14(7-10-17(16)24-4)13-5-8-15(9-6-13)20(21,22)23/h5-11H,1,4H2,2-3H3,(H,25,26). The number of benzene rings is 2. The summed E-state index contributed by atoms with van der Waals surface area (Å²) in [6.45, 7) is 10.6. The molecule has 7 heteroatoms.